The predicted octanol–water partition coefficient (Wildman–Crippen LogP) is 5.12. The van der Waals surface area contributed by atoms with Crippen LogP contribution < -0.4 is 0 Å². The van der Waals surface area contributed by atoms with E-state index in [9.17, 15) is 0 Å². The predicted molar refractivity (Wildman–Crippen MR) is 67.9 cm³/mol. The lowest BCUT2D eigenvalue weighted by Gasteiger charge is -2.40. The number of alkyl halides is 2. The number of hydrogen-bond donors (Lipinski definition) is 0. The standard InChI is InChI=1S/C13H22Cl2/c14-12(11-7-3-1-4-8-11)13(15)9-5-2-6-10-13/h11-12H,1-10H2. The lowest BCUT2D eigenvalue weighted by Crippen LogP contribution is -2.40. The van der Waals surface area contributed by atoms with Gasteiger partial charge in [0.05, 0.1) is 10.3 Å². The Bertz CT molecular complexity index is 191. The van der Waals surface area contributed by atoms with Gasteiger partial charge in [-0.05, 0) is 31.6 Å². The normalized spacial score (nSPS) is 30.0. The van der Waals surface area contributed by atoms with Gasteiger partial charge >= 0.3 is 0 Å². The maximum atomic E-state index is 6.73. The molecule has 0 amide bonds. The summed E-state index contributed by atoms with van der Waals surface area (Å²) in [6.45, 7) is 0. The van der Waals surface area contributed by atoms with Gasteiger partial charge in [-0.25, -0.2) is 0 Å². The van der Waals surface area contributed by atoms with E-state index >= 15 is 0 Å². The maximum Gasteiger partial charge on any atom is 0.0612 e. The van der Waals surface area contributed by atoms with Gasteiger partial charge < -0.3 is 0 Å². The monoisotopic (exact) mass is 248 g/mol. The van der Waals surface area contributed by atoms with E-state index in [1.165, 1.54) is 51.4 Å². The number of halogens is 2. The molecule has 0 bridgehead atoms. The number of rotatable bonds is 2. The summed E-state index contributed by atoms with van der Waals surface area (Å²) in [6.07, 6.45) is 12.9. The van der Waals surface area contributed by atoms with E-state index in [2.05, 4.69) is 0 Å². The molecule has 2 fully saturated rings. The third-order valence-corrected chi connectivity index (χ3v) is 5.74. The first-order valence-corrected chi connectivity index (χ1v) is 7.37. The molecule has 0 nitrogen and oxygen atoms in total. The molecule has 0 saturated heterocycles. The fourth-order valence-corrected chi connectivity index (χ4v) is 4.18. The highest BCUT2D eigenvalue weighted by Crippen LogP contribution is 2.45. The highest BCUT2D eigenvalue weighted by Gasteiger charge is 2.41. The molecule has 0 spiro atoms. The van der Waals surface area contributed by atoms with Crippen molar-refractivity contribution < 1.29 is 0 Å². The van der Waals surface area contributed by atoms with Gasteiger partial charge in [0, 0.05) is 0 Å². The molecular formula is C13H22Cl2. The summed E-state index contributed by atoms with van der Waals surface area (Å²) in [5, 5.41) is 0.222. The molecule has 0 aliphatic heterocycles. The Morgan fingerprint density at radius 3 is 2.00 bits per heavy atom. The van der Waals surface area contributed by atoms with Crippen LogP contribution in [0.4, 0.5) is 0 Å². The zero-order valence-electron chi connectivity index (χ0n) is 9.48. The average Bonchev–Trinajstić information content (AvgIpc) is 2.30. The molecule has 2 aliphatic rings. The van der Waals surface area contributed by atoms with Crippen LogP contribution in [0.2, 0.25) is 0 Å². The Balaban J connectivity index is 1.94. The first kappa shape index (κ1) is 12.0. The van der Waals surface area contributed by atoms with Crippen LogP contribution in [-0.2, 0) is 0 Å². The molecule has 15 heavy (non-hydrogen) atoms. The summed E-state index contributed by atoms with van der Waals surface area (Å²) in [6, 6.07) is 0. The fourth-order valence-electron chi connectivity index (χ4n) is 3.26. The molecule has 1 unspecified atom stereocenters. The van der Waals surface area contributed by atoms with Crippen LogP contribution in [0.1, 0.15) is 64.2 Å². The molecule has 2 heteroatoms. The first-order valence-electron chi connectivity index (χ1n) is 6.55. The van der Waals surface area contributed by atoms with Crippen LogP contribution in [0.25, 0.3) is 0 Å². The molecule has 2 aliphatic carbocycles. The van der Waals surface area contributed by atoms with Crippen molar-refractivity contribution in [3.05, 3.63) is 0 Å². The highest BCUT2D eigenvalue weighted by molar-refractivity contribution is 6.32. The van der Waals surface area contributed by atoms with Gasteiger partial charge in [-0.2, -0.15) is 0 Å². The van der Waals surface area contributed by atoms with Gasteiger partial charge in [0.2, 0.25) is 0 Å². The zero-order valence-corrected chi connectivity index (χ0v) is 11.0. The Hall–Kier alpha value is 0.580. The van der Waals surface area contributed by atoms with Crippen molar-refractivity contribution in [1.29, 1.82) is 0 Å². The Kier molecular flexibility index (Phi) is 4.24. The maximum absolute atomic E-state index is 6.73. The van der Waals surface area contributed by atoms with Crippen LogP contribution in [0, 0.1) is 5.92 Å². The first-order chi connectivity index (χ1) is 7.22. The smallest absolute Gasteiger partial charge is 0.0612 e. The van der Waals surface area contributed by atoms with E-state index in [0.717, 1.165) is 12.8 Å². The van der Waals surface area contributed by atoms with Gasteiger partial charge in [0.15, 0.2) is 0 Å². The molecule has 0 N–H and O–H groups in total. The van der Waals surface area contributed by atoms with E-state index in [1.807, 2.05) is 0 Å². The van der Waals surface area contributed by atoms with E-state index < -0.39 is 0 Å². The molecule has 0 aromatic rings. The quantitative estimate of drug-likeness (QED) is 0.596. The van der Waals surface area contributed by atoms with Crippen molar-refractivity contribution in [3.63, 3.8) is 0 Å². The molecule has 0 aromatic heterocycles. The molecule has 0 aromatic carbocycles. The van der Waals surface area contributed by atoms with Crippen LogP contribution in [-0.4, -0.2) is 10.3 Å². The van der Waals surface area contributed by atoms with E-state index in [4.69, 9.17) is 23.2 Å². The van der Waals surface area contributed by atoms with Crippen LogP contribution in [0.3, 0.4) is 0 Å². The second-order valence-corrected chi connectivity index (χ2v) is 6.62. The van der Waals surface area contributed by atoms with Crippen molar-refractivity contribution in [2.45, 2.75) is 74.5 Å². The minimum Gasteiger partial charge on any atom is -0.121 e. The van der Waals surface area contributed by atoms with Crippen LogP contribution in [0.15, 0.2) is 0 Å². The van der Waals surface area contributed by atoms with E-state index in [-0.39, 0.29) is 10.3 Å². The Labute approximate surface area is 104 Å². The van der Waals surface area contributed by atoms with Crippen LogP contribution in [0.5, 0.6) is 0 Å². The van der Waals surface area contributed by atoms with Crippen molar-refractivity contribution >= 4 is 23.2 Å². The minimum atomic E-state index is -0.0676. The highest BCUT2D eigenvalue weighted by atomic mass is 35.5. The summed E-state index contributed by atoms with van der Waals surface area (Å²) in [5.74, 6) is 0.691. The zero-order chi connectivity index (χ0) is 10.7. The second-order valence-electron chi connectivity index (χ2n) is 5.40. The molecule has 0 heterocycles. The van der Waals surface area contributed by atoms with Crippen molar-refractivity contribution in [2.75, 3.05) is 0 Å². The average molecular weight is 249 g/mol. The van der Waals surface area contributed by atoms with E-state index in [0.29, 0.717) is 5.92 Å². The molecule has 0 radical (unpaired) electrons. The van der Waals surface area contributed by atoms with Crippen molar-refractivity contribution in [1.82, 2.24) is 0 Å². The second kappa shape index (κ2) is 5.27. The van der Waals surface area contributed by atoms with Crippen molar-refractivity contribution in [3.8, 4) is 0 Å². The molecular weight excluding hydrogens is 227 g/mol. The Morgan fingerprint density at radius 2 is 1.40 bits per heavy atom. The molecule has 1 atom stereocenters. The number of hydrogen-bond acceptors (Lipinski definition) is 0. The molecule has 2 rings (SSSR count). The minimum absolute atomic E-state index is 0.0676. The lowest BCUT2D eigenvalue weighted by molar-refractivity contribution is 0.270. The molecule has 88 valence electrons. The topological polar surface area (TPSA) is 0 Å². The van der Waals surface area contributed by atoms with Gasteiger partial charge in [0.1, 0.15) is 0 Å². The largest absolute Gasteiger partial charge is 0.121 e. The van der Waals surface area contributed by atoms with E-state index in [1.54, 1.807) is 0 Å². The summed E-state index contributed by atoms with van der Waals surface area (Å²) < 4.78 is 0. The van der Waals surface area contributed by atoms with Gasteiger partial charge in [-0.1, -0.05) is 38.5 Å². The van der Waals surface area contributed by atoms with Gasteiger partial charge in [-0.3, -0.25) is 0 Å². The lowest BCUT2D eigenvalue weighted by atomic mass is 9.76. The summed E-state index contributed by atoms with van der Waals surface area (Å²) in [5.41, 5.74) is 0. The third kappa shape index (κ3) is 2.82. The fraction of sp³-hybridized carbons (Fsp3) is 1.00. The van der Waals surface area contributed by atoms with Crippen LogP contribution >= 0.6 is 23.2 Å². The van der Waals surface area contributed by atoms with Gasteiger partial charge in [-0.15, -0.1) is 23.2 Å². The molecule has 2 saturated carbocycles. The summed E-state index contributed by atoms with van der Waals surface area (Å²) >= 11 is 13.4. The van der Waals surface area contributed by atoms with Crippen molar-refractivity contribution in [2.24, 2.45) is 5.92 Å². The Morgan fingerprint density at radius 1 is 0.867 bits per heavy atom. The third-order valence-electron chi connectivity index (χ3n) is 4.24. The summed E-state index contributed by atoms with van der Waals surface area (Å²) in [7, 11) is 0. The summed E-state index contributed by atoms with van der Waals surface area (Å²) in [4.78, 5) is -0.0676. The van der Waals surface area contributed by atoms with Gasteiger partial charge in [0.25, 0.3) is 0 Å². The SMILES string of the molecule is ClC(C1CCCCC1)C1(Cl)CCCCC1.